The number of hydrogen-bond donors (Lipinski definition) is 1. The van der Waals surface area contributed by atoms with Crippen LogP contribution in [0.3, 0.4) is 0 Å². The van der Waals surface area contributed by atoms with Crippen LogP contribution < -0.4 is 24.3 Å². The van der Waals surface area contributed by atoms with E-state index in [1.54, 1.807) is 7.11 Å². The molecule has 2 atom stereocenters. The first kappa shape index (κ1) is 42.1. The largest absolute Gasteiger partial charge is 0.478 e. The minimum absolute atomic E-state index is 0.0769. The van der Waals surface area contributed by atoms with Gasteiger partial charge in [0, 0.05) is 47.7 Å². The van der Waals surface area contributed by atoms with Gasteiger partial charge in [0.2, 0.25) is 23.5 Å². The van der Waals surface area contributed by atoms with Crippen molar-refractivity contribution in [2.24, 2.45) is 5.41 Å². The first-order chi connectivity index (χ1) is 26.0. The van der Waals surface area contributed by atoms with Gasteiger partial charge >= 0.3 is 0 Å². The molecule has 14 nitrogen and oxygen atoms in total. The Balaban J connectivity index is 0.000000141. The van der Waals surface area contributed by atoms with E-state index in [0.717, 1.165) is 81.5 Å². The second-order valence-corrected chi connectivity index (χ2v) is 17.7. The highest BCUT2D eigenvalue weighted by atomic mass is 16.5. The van der Waals surface area contributed by atoms with Crippen LogP contribution in [0.25, 0.3) is 0 Å². The number of nitrogens with zero attached hydrogens (tertiary/aromatic N) is 8. The van der Waals surface area contributed by atoms with Gasteiger partial charge in [-0.05, 0) is 30.2 Å². The number of methoxy groups -OCH3 is 1. The standard InChI is InChI=1S/C11H18N2O2.C11H18N2O.C10H17N3O.C9H14N2O/c1-11(2,3)9-5-12-13-6-8(14-4)7-15-10(9)13;1-8(2)9-5-12-13-6-11(3,4)7-14-10(9)13;1-7(2)9-4-12-13-5-8(11-3)6-14-10(9)13;1-7(2)8-6-10-11-4-3-5-12-9(8)11/h5,8H,6-7H2,1-4H3;5,8H,6-7H2,1-4H3;4,7-8,11H,5-6H2,1-3H3;6-7H,3-5H2,1-2H3/t8-;;8-;/m0.0./s1. The fraction of sp³-hybridized carbons (Fsp3) is 0.707. The second-order valence-electron chi connectivity index (χ2n) is 17.7. The van der Waals surface area contributed by atoms with Crippen LogP contribution in [-0.2, 0) is 36.3 Å². The minimum atomic E-state index is 0.0769. The van der Waals surface area contributed by atoms with E-state index in [-0.39, 0.29) is 16.9 Å². The average molecular weight is 766 g/mol. The van der Waals surface area contributed by atoms with Crippen molar-refractivity contribution >= 4 is 0 Å². The molecule has 14 heteroatoms. The highest BCUT2D eigenvalue weighted by molar-refractivity contribution is 5.32. The molecule has 4 aromatic heterocycles. The molecule has 8 heterocycles. The lowest BCUT2D eigenvalue weighted by atomic mass is 9.89. The summed E-state index contributed by atoms with van der Waals surface area (Å²) in [5.74, 6) is 5.27. The lowest BCUT2D eigenvalue weighted by molar-refractivity contribution is 0.0171. The van der Waals surface area contributed by atoms with Gasteiger partial charge in [0.15, 0.2) is 0 Å². The topological polar surface area (TPSA) is 129 Å². The Bertz CT molecular complexity index is 1810. The second kappa shape index (κ2) is 17.8. The Kier molecular flexibility index (Phi) is 13.6. The molecule has 4 aliphatic heterocycles. The normalized spacial score (nSPS) is 19.3. The zero-order valence-electron chi connectivity index (χ0n) is 35.7. The quantitative estimate of drug-likeness (QED) is 0.232. The summed E-state index contributed by atoms with van der Waals surface area (Å²) in [7, 11) is 3.65. The lowest BCUT2D eigenvalue weighted by Gasteiger charge is -2.30. The molecule has 1 N–H and O–H groups in total. The van der Waals surface area contributed by atoms with Crippen LogP contribution in [0.5, 0.6) is 23.5 Å². The zero-order valence-corrected chi connectivity index (χ0v) is 35.7. The van der Waals surface area contributed by atoms with E-state index in [1.807, 2.05) is 50.6 Å². The summed E-state index contributed by atoms with van der Waals surface area (Å²) in [6, 6.07) is 0.377. The maximum atomic E-state index is 5.77. The third-order valence-electron chi connectivity index (χ3n) is 10.2. The van der Waals surface area contributed by atoms with Crippen LogP contribution in [0.15, 0.2) is 24.8 Å². The van der Waals surface area contributed by atoms with Gasteiger partial charge in [-0.3, -0.25) is 0 Å². The fourth-order valence-corrected chi connectivity index (χ4v) is 6.67. The van der Waals surface area contributed by atoms with Crippen LogP contribution in [0.2, 0.25) is 0 Å². The van der Waals surface area contributed by atoms with Crippen molar-refractivity contribution in [3.8, 4) is 23.5 Å². The van der Waals surface area contributed by atoms with Gasteiger partial charge in [-0.1, -0.05) is 76.2 Å². The number of ether oxygens (including phenoxy) is 5. The molecule has 0 saturated carbocycles. The van der Waals surface area contributed by atoms with Crippen molar-refractivity contribution in [3.05, 3.63) is 47.0 Å². The van der Waals surface area contributed by atoms with E-state index in [1.165, 1.54) is 16.7 Å². The number of hydrogen-bond acceptors (Lipinski definition) is 10. The number of rotatable bonds is 5. The molecule has 0 saturated heterocycles. The van der Waals surface area contributed by atoms with Crippen molar-refractivity contribution in [1.82, 2.24) is 44.4 Å². The van der Waals surface area contributed by atoms with Crippen molar-refractivity contribution < 1.29 is 23.7 Å². The van der Waals surface area contributed by atoms with Crippen molar-refractivity contribution in [1.29, 1.82) is 0 Å². The van der Waals surface area contributed by atoms with E-state index < -0.39 is 0 Å². The van der Waals surface area contributed by atoms with Gasteiger partial charge in [0.05, 0.1) is 63.7 Å². The predicted molar refractivity (Wildman–Crippen MR) is 214 cm³/mol. The SMILES string of the molecule is CC(C)c1cnn2c1OCC(C)(C)C2.CC(C)c1cnn2c1OCCC2.CN[C@@H]1COc2c(C(C)C)cnn2C1.CO[C@@H]1COc2c(C(C)(C)C)cnn2C1. The first-order valence-electron chi connectivity index (χ1n) is 20.0. The van der Waals surface area contributed by atoms with Crippen molar-refractivity contribution in [2.75, 3.05) is 40.6 Å². The molecule has 4 aromatic rings. The van der Waals surface area contributed by atoms with E-state index in [4.69, 9.17) is 23.7 Å². The van der Waals surface area contributed by atoms with Gasteiger partial charge in [-0.2, -0.15) is 20.4 Å². The number of nitrogens with one attached hydrogen (secondary N) is 1. The molecule has 55 heavy (non-hydrogen) atoms. The lowest BCUT2D eigenvalue weighted by Crippen LogP contribution is -2.40. The molecule has 306 valence electrons. The van der Waals surface area contributed by atoms with Gasteiger partial charge in [0.1, 0.15) is 19.3 Å². The number of fused-ring (bicyclic) bond motifs is 4. The molecular weight excluding hydrogens is 699 g/mol. The van der Waals surface area contributed by atoms with Crippen LogP contribution in [-0.4, -0.2) is 91.9 Å². The van der Waals surface area contributed by atoms with Crippen molar-refractivity contribution in [2.45, 2.75) is 144 Å². The Labute approximate surface area is 328 Å². The van der Waals surface area contributed by atoms with Crippen LogP contribution >= 0.6 is 0 Å². The zero-order chi connectivity index (χ0) is 40.1. The van der Waals surface area contributed by atoms with E-state index in [2.05, 4.69) is 102 Å². The minimum Gasteiger partial charge on any atom is -0.478 e. The highest BCUT2D eigenvalue weighted by Gasteiger charge is 2.30. The third kappa shape index (κ3) is 10.2. The summed E-state index contributed by atoms with van der Waals surface area (Å²) in [6.07, 6.45) is 8.86. The predicted octanol–water partition coefficient (Wildman–Crippen LogP) is 6.79. The molecule has 0 radical (unpaired) electrons. The van der Waals surface area contributed by atoms with Crippen LogP contribution in [0, 0.1) is 5.41 Å². The summed E-state index contributed by atoms with van der Waals surface area (Å²) in [5.41, 5.74) is 5.10. The summed E-state index contributed by atoms with van der Waals surface area (Å²) in [6.45, 7) is 30.5. The third-order valence-corrected chi connectivity index (χ3v) is 10.2. The van der Waals surface area contributed by atoms with Gasteiger partial charge < -0.3 is 29.0 Å². The molecule has 0 aromatic carbocycles. The Hall–Kier alpha value is -4.04. The maximum absolute atomic E-state index is 5.77. The highest BCUT2D eigenvalue weighted by Crippen LogP contribution is 2.35. The number of aromatic nitrogens is 8. The molecule has 0 fully saturated rings. The summed E-state index contributed by atoms with van der Waals surface area (Å²) in [5, 5.41) is 20.5. The average Bonchev–Trinajstić information content (AvgIpc) is 3.95. The maximum Gasteiger partial charge on any atom is 0.215 e. The Morgan fingerprint density at radius 1 is 0.709 bits per heavy atom. The smallest absolute Gasteiger partial charge is 0.215 e. The summed E-state index contributed by atoms with van der Waals surface area (Å²) < 4.78 is 35.8. The molecular formula is C41H67N9O5. The number of likely N-dealkylation sites (N-methyl/N-ethyl adjacent to an activating group) is 1. The van der Waals surface area contributed by atoms with Crippen LogP contribution in [0.4, 0.5) is 0 Å². The molecule has 0 amide bonds. The first-order valence-corrected chi connectivity index (χ1v) is 20.0. The molecule has 0 spiro atoms. The molecule has 0 aliphatic carbocycles. The monoisotopic (exact) mass is 766 g/mol. The van der Waals surface area contributed by atoms with Gasteiger partial charge in [-0.25, -0.2) is 18.7 Å². The fourth-order valence-electron chi connectivity index (χ4n) is 6.67. The molecule has 0 bridgehead atoms. The van der Waals surface area contributed by atoms with Gasteiger partial charge in [0.25, 0.3) is 0 Å². The van der Waals surface area contributed by atoms with E-state index in [9.17, 15) is 0 Å². The van der Waals surface area contributed by atoms with Crippen LogP contribution in [0.1, 0.15) is 123 Å². The molecule has 8 rings (SSSR count). The Morgan fingerprint density at radius 2 is 1.24 bits per heavy atom. The van der Waals surface area contributed by atoms with Crippen molar-refractivity contribution in [3.63, 3.8) is 0 Å². The van der Waals surface area contributed by atoms with E-state index in [0.29, 0.717) is 30.4 Å². The van der Waals surface area contributed by atoms with E-state index >= 15 is 0 Å². The molecule has 4 aliphatic rings. The molecule has 0 unspecified atom stereocenters. The summed E-state index contributed by atoms with van der Waals surface area (Å²) in [4.78, 5) is 0. The van der Waals surface area contributed by atoms with Gasteiger partial charge in [-0.15, -0.1) is 0 Å². The summed E-state index contributed by atoms with van der Waals surface area (Å²) >= 11 is 0. The Morgan fingerprint density at radius 3 is 1.82 bits per heavy atom. The number of aryl methyl sites for hydroxylation is 1.